The molecular weight excluding hydrogens is 445 g/mol. The van der Waals surface area contributed by atoms with Crippen LogP contribution < -0.4 is 10.5 Å². The molecule has 0 bridgehead atoms. The highest BCUT2D eigenvalue weighted by atomic mass is 127. The van der Waals surface area contributed by atoms with Crippen LogP contribution in [0.1, 0.15) is 26.2 Å². The molecule has 0 radical (unpaired) electrons. The van der Waals surface area contributed by atoms with Crippen molar-refractivity contribution < 1.29 is 4.74 Å². The van der Waals surface area contributed by atoms with Crippen LogP contribution in [-0.2, 0) is 0 Å². The molecule has 1 aromatic carbocycles. The van der Waals surface area contributed by atoms with Gasteiger partial charge in [0, 0.05) is 13.1 Å². The number of guanidine groups is 1. The summed E-state index contributed by atoms with van der Waals surface area (Å²) in [6.45, 7) is 4.62. The van der Waals surface area contributed by atoms with Crippen molar-refractivity contribution in [3.63, 3.8) is 0 Å². The highest BCUT2D eigenvalue weighted by Gasteiger charge is 2.12. The summed E-state index contributed by atoms with van der Waals surface area (Å²) in [6, 6.07) is 7.83. The lowest BCUT2D eigenvalue weighted by atomic mass is 10.1. The molecular formula is C15H23BrIN3O. The molecule has 118 valence electrons. The van der Waals surface area contributed by atoms with Gasteiger partial charge in [0.2, 0.25) is 0 Å². The molecule has 6 heteroatoms. The molecule has 0 aromatic heterocycles. The Morgan fingerprint density at radius 1 is 1.33 bits per heavy atom. The van der Waals surface area contributed by atoms with Gasteiger partial charge < -0.3 is 15.4 Å². The maximum atomic E-state index is 6.03. The number of nitrogens with two attached hydrogens (primary N) is 1. The quantitative estimate of drug-likeness (QED) is 0.418. The molecule has 1 aliphatic heterocycles. The summed E-state index contributed by atoms with van der Waals surface area (Å²) in [7, 11) is 0. The Hall–Kier alpha value is -0.500. The van der Waals surface area contributed by atoms with Gasteiger partial charge in [-0.15, -0.1) is 24.0 Å². The lowest BCUT2D eigenvalue weighted by molar-refractivity contribution is 0.228. The normalized spacial score (nSPS) is 17.0. The number of ether oxygens (including phenoxy) is 1. The van der Waals surface area contributed by atoms with E-state index in [9.17, 15) is 0 Å². The van der Waals surface area contributed by atoms with Gasteiger partial charge in [0.1, 0.15) is 11.9 Å². The average Bonchev–Trinajstić information content (AvgIpc) is 2.48. The van der Waals surface area contributed by atoms with Crippen molar-refractivity contribution >= 4 is 45.9 Å². The summed E-state index contributed by atoms with van der Waals surface area (Å²) >= 11 is 3.47. The van der Waals surface area contributed by atoms with E-state index >= 15 is 0 Å². The smallest absolute Gasteiger partial charge is 0.191 e. The van der Waals surface area contributed by atoms with Crippen molar-refractivity contribution in [1.82, 2.24) is 4.90 Å². The van der Waals surface area contributed by atoms with Gasteiger partial charge in [-0.05, 0) is 54.2 Å². The average molecular weight is 468 g/mol. The maximum absolute atomic E-state index is 6.03. The molecule has 0 spiro atoms. The highest BCUT2D eigenvalue weighted by Crippen LogP contribution is 2.24. The third-order valence-corrected chi connectivity index (χ3v) is 4.01. The van der Waals surface area contributed by atoms with Gasteiger partial charge in [-0.25, -0.2) is 4.99 Å². The summed E-state index contributed by atoms with van der Waals surface area (Å²) in [5, 5.41) is 0. The zero-order chi connectivity index (χ0) is 14.4. The molecule has 1 unspecified atom stereocenters. The third-order valence-electron chi connectivity index (χ3n) is 3.36. The number of halogens is 2. The Labute approximate surface area is 152 Å². The first-order valence-electron chi connectivity index (χ1n) is 7.13. The van der Waals surface area contributed by atoms with Crippen LogP contribution in [0.5, 0.6) is 5.75 Å². The highest BCUT2D eigenvalue weighted by molar-refractivity contribution is 14.0. The Balaban J connectivity index is 0.00000220. The molecule has 1 fully saturated rings. The predicted octanol–water partition coefficient (Wildman–Crippen LogP) is 3.64. The molecule has 0 aliphatic carbocycles. The van der Waals surface area contributed by atoms with Crippen molar-refractivity contribution in [1.29, 1.82) is 0 Å². The third kappa shape index (κ3) is 6.02. The van der Waals surface area contributed by atoms with Crippen LogP contribution in [0.25, 0.3) is 0 Å². The Bertz CT molecular complexity index is 464. The molecule has 0 amide bonds. The molecule has 2 N–H and O–H groups in total. The van der Waals surface area contributed by atoms with Crippen LogP contribution in [0.4, 0.5) is 0 Å². The monoisotopic (exact) mass is 467 g/mol. The Kier molecular flexibility index (Phi) is 8.39. The number of hydrogen-bond acceptors (Lipinski definition) is 2. The minimum atomic E-state index is -0.00274. The Morgan fingerprint density at radius 3 is 2.67 bits per heavy atom. The number of benzene rings is 1. The van der Waals surface area contributed by atoms with E-state index in [0.29, 0.717) is 12.5 Å². The molecule has 21 heavy (non-hydrogen) atoms. The van der Waals surface area contributed by atoms with E-state index in [-0.39, 0.29) is 30.1 Å². The van der Waals surface area contributed by atoms with Crippen molar-refractivity contribution in [3.05, 3.63) is 28.7 Å². The SMILES string of the molecule is CC(CN=C(N)N1CCCCC1)Oc1ccccc1Br.I. The van der Waals surface area contributed by atoms with Crippen LogP contribution in [0.15, 0.2) is 33.7 Å². The van der Waals surface area contributed by atoms with Gasteiger partial charge in [0.15, 0.2) is 5.96 Å². The van der Waals surface area contributed by atoms with E-state index in [4.69, 9.17) is 10.5 Å². The molecule has 0 saturated carbocycles. The number of piperidine rings is 1. The molecule has 1 atom stereocenters. The van der Waals surface area contributed by atoms with Gasteiger partial charge in [-0.3, -0.25) is 0 Å². The molecule has 1 aromatic rings. The fourth-order valence-corrected chi connectivity index (χ4v) is 2.62. The van der Waals surface area contributed by atoms with Crippen LogP contribution in [-0.4, -0.2) is 36.6 Å². The van der Waals surface area contributed by atoms with E-state index in [1.54, 1.807) is 0 Å². The lowest BCUT2D eigenvalue weighted by Crippen LogP contribution is -2.41. The fraction of sp³-hybridized carbons (Fsp3) is 0.533. The van der Waals surface area contributed by atoms with Crippen molar-refractivity contribution in [2.45, 2.75) is 32.3 Å². The van der Waals surface area contributed by atoms with Gasteiger partial charge in [0.25, 0.3) is 0 Å². The number of rotatable bonds is 4. The summed E-state index contributed by atoms with van der Waals surface area (Å²) < 4.78 is 6.81. The maximum Gasteiger partial charge on any atom is 0.191 e. The molecule has 1 heterocycles. The van der Waals surface area contributed by atoms with Crippen LogP contribution in [0.2, 0.25) is 0 Å². The van der Waals surface area contributed by atoms with Crippen LogP contribution >= 0.6 is 39.9 Å². The second-order valence-corrected chi connectivity index (χ2v) is 5.96. The number of aliphatic imine (C=N–C) groups is 1. The van der Waals surface area contributed by atoms with Crippen LogP contribution in [0.3, 0.4) is 0 Å². The minimum absolute atomic E-state index is 0. The summed E-state index contributed by atoms with van der Waals surface area (Å²) in [5.74, 6) is 1.49. The van der Waals surface area contributed by atoms with E-state index in [1.807, 2.05) is 31.2 Å². The molecule has 1 saturated heterocycles. The van der Waals surface area contributed by atoms with Gasteiger partial charge in [-0.2, -0.15) is 0 Å². The van der Waals surface area contributed by atoms with E-state index in [2.05, 4.69) is 25.8 Å². The van der Waals surface area contributed by atoms with Crippen LogP contribution in [0, 0.1) is 0 Å². The first-order chi connectivity index (χ1) is 9.66. The first-order valence-corrected chi connectivity index (χ1v) is 7.92. The zero-order valence-electron chi connectivity index (χ0n) is 12.3. The summed E-state index contributed by atoms with van der Waals surface area (Å²) in [4.78, 5) is 6.61. The van der Waals surface area contributed by atoms with E-state index < -0.39 is 0 Å². The van der Waals surface area contributed by atoms with Crippen molar-refractivity contribution in [2.24, 2.45) is 10.7 Å². The van der Waals surface area contributed by atoms with Crippen molar-refractivity contribution in [3.8, 4) is 5.75 Å². The zero-order valence-corrected chi connectivity index (χ0v) is 16.2. The van der Waals surface area contributed by atoms with Crippen molar-refractivity contribution in [2.75, 3.05) is 19.6 Å². The molecule has 2 rings (SSSR count). The van der Waals surface area contributed by atoms with Gasteiger partial charge in [-0.1, -0.05) is 12.1 Å². The molecule has 1 aliphatic rings. The van der Waals surface area contributed by atoms with Gasteiger partial charge >= 0.3 is 0 Å². The lowest BCUT2D eigenvalue weighted by Gasteiger charge is -2.27. The van der Waals surface area contributed by atoms with E-state index in [0.717, 1.165) is 23.3 Å². The number of nitrogens with zero attached hydrogens (tertiary/aromatic N) is 2. The van der Waals surface area contributed by atoms with Gasteiger partial charge in [0.05, 0.1) is 11.0 Å². The standard InChI is InChI=1S/C15H22BrN3O.HI/c1-12(20-14-8-4-3-7-13(14)16)11-18-15(17)19-9-5-2-6-10-19;/h3-4,7-8,12H,2,5-6,9-11H2,1H3,(H2,17,18);1H. The number of likely N-dealkylation sites (tertiary alicyclic amines) is 1. The minimum Gasteiger partial charge on any atom is -0.488 e. The summed E-state index contributed by atoms with van der Waals surface area (Å²) in [6.07, 6.45) is 3.71. The fourth-order valence-electron chi connectivity index (χ4n) is 2.24. The summed E-state index contributed by atoms with van der Waals surface area (Å²) in [5.41, 5.74) is 6.03. The first kappa shape index (κ1) is 18.5. The predicted molar refractivity (Wildman–Crippen MR) is 102 cm³/mol. The second-order valence-electron chi connectivity index (χ2n) is 5.11. The largest absolute Gasteiger partial charge is 0.488 e. The second kappa shape index (κ2) is 9.50. The number of hydrogen-bond donors (Lipinski definition) is 1. The topological polar surface area (TPSA) is 50.8 Å². The molecule has 4 nitrogen and oxygen atoms in total. The van der Waals surface area contributed by atoms with E-state index in [1.165, 1.54) is 19.3 Å². The number of para-hydroxylation sites is 1. The Morgan fingerprint density at radius 2 is 2.00 bits per heavy atom.